The summed E-state index contributed by atoms with van der Waals surface area (Å²) in [5.41, 5.74) is 3.65. The smallest absolute Gasteiger partial charge is 0.330 e. The highest BCUT2D eigenvalue weighted by Crippen LogP contribution is 2.25. The van der Waals surface area contributed by atoms with E-state index in [1.807, 2.05) is 66.2 Å². The number of carbonyl (C=O) groups excluding carboxylic acids is 1. The normalized spacial score (nSPS) is 11.0. The molecule has 3 rings (SSSR count). The SMILES string of the molecule is COC(=O)/C=C/c1cc(C)n(Cc2cc(Cl)ccc2OCc2ccccc2)n1. The van der Waals surface area contributed by atoms with Crippen molar-refractivity contribution in [3.63, 3.8) is 0 Å². The molecule has 3 aromatic rings. The van der Waals surface area contributed by atoms with E-state index in [1.165, 1.54) is 13.2 Å². The molecule has 0 fully saturated rings. The fraction of sp³-hybridized carbons (Fsp3) is 0.182. The average Bonchev–Trinajstić information content (AvgIpc) is 3.05. The second-order valence-corrected chi connectivity index (χ2v) is 6.69. The maximum absolute atomic E-state index is 11.3. The molecule has 0 spiro atoms. The third-order valence-electron chi connectivity index (χ3n) is 4.17. The molecule has 0 aliphatic rings. The Hall–Kier alpha value is -3.05. The van der Waals surface area contributed by atoms with E-state index in [0.29, 0.717) is 23.9 Å². The van der Waals surface area contributed by atoms with Gasteiger partial charge >= 0.3 is 5.97 Å². The summed E-state index contributed by atoms with van der Waals surface area (Å²) >= 11 is 6.20. The van der Waals surface area contributed by atoms with E-state index in [9.17, 15) is 4.79 Å². The van der Waals surface area contributed by atoms with Gasteiger partial charge in [-0.15, -0.1) is 0 Å². The molecule has 0 amide bonds. The predicted octanol–water partition coefficient (Wildman–Crippen LogP) is 4.66. The standard InChI is InChI=1S/C22H21ClN2O3/c1-16-12-20(9-11-22(26)27-2)24-25(16)14-18-13-19(23)8-10-21(18)28-15-17-6-4-3-5-7-17/h3-13H,14-15H2,1-2H3/b11-9+. The third-order valence-corrected chi connectivity index (χ3v) is 4.41. The largest absolute Gasteiger partial charge is 0.489 e. The van der Waals surface area contributed by atoms with Gasteiger partial charge in [-0.3, -0.25) is 4.68 Å². The first-order valence-electron chi connectivity index (χ1n) is 8.81. The van der Waals surface area contributed by atoms with Crippen LogP contribution in [0.2, 0.25) is 5.02 Å². The van der Waals surface area contributed by atoms with Crippen LogP contribution in [0, 0.1) is 6.92 Å². The summed E-state index contributed by atoms with van der Waals surface area (Å²) in [6.45, 7) is 2.93. The average molecular weight is 397 g/mol. The molecule has 28 heavy (non-hydrogen) atoms. The lowest BCUT2D eigenvalue weighted by molar-refractivity contribution is -0.134. The summed E-state index contributed by atoms with van der Waals surface area (Å²) in [6, 6.07) is 17.4. The maximum atomic E-state index is 11.3. The summed E-state index contributed by atoms with van der Waals surface area (Å²) in [6.07, 6.45) is 2.97. The van der Waals surface area contributed by atoms with Gasteiger partial charge in [-0.05, 0) is 42.8 Å². The second kappa shape index (κ2) is 9.24. The Morgan fingerprint density at radius 2 is 1.96 bits per heavy atom. The van der Waals surface area contributed by atoms with Gasteiger partial charge in [0.05, 0.1) is 19.3 Å². The van der Waals surface area contributed by atoms with E-state index >= 15 is 0 Å². The lowest BCUT2D eigenvalue weighted by Gasteiger charge is -2.13. The number of rotatable bonds is 7. The molecule has 0 radical (unpaired) electrons. The van der Waals surface area contributed by atoms with Crippen molar-refractivity contribution >= 4 is 23.6 Å². The van der Waals surface area contributed by atoms with Crippen molar-refractivity contribution in [1.29, 1.82) is 0 Å². The number of nitrogens with zero attached hydrogens (tertiary/aromatic N) is 2. The second-order valence-electron chi connectivity index (χ2n) is 6.25. The summed E-state index contributed by atoms with van der Waals surface area (Å²) in [4.78, 5) is 11.3. The molecule has 0 unspecified atom stereocenters. The van der Waals surface area contributed by atoms with Crippen LogP contribution in [0.25, 0.3) is 6.08 Å². The van der Waals surface area contributed by atoms with Crippen LogP contribution in [0.15, 0.2) is 60.7 Å². The Morgan fingerprint density at radius 3 is 2.71 bits per heavy atom. The number of aryl methyl sites for hydroxylation is 1. The molecular formula is C22H21ClN2O3. The Kier molecular flexibility index (Phi) is 6.50. The van der Waals surface area contributed by atoms with Crippen molar-refractivity contribution in [2.24, 2.45) is 0 Å². The van der Waals surface area contributed by atoms with Gasteiger partial charge in [0.25, 0.3) is 0 Å². The molecule has 0 aliphatic carbocycles. The highest BCUT2D eigenvalue weighted by molar-refractivity contribution is 6.30. The zero-order valence-corrected chi connectivity index (χ0v) is 16.5. The molecule has 5 nitrogen and oxygen atoms in total. The molecule has 6 heteroatoms. The summed E-state index contributed by atoms with van der Waals surface area (Å²) in [7, 11) is 1.34. The van der Waals surface area contributed by atoms with Gasteiger partial charge < -0.3 is 9.47 Å². The first kappa shape index (κ1) is 19.7. The quantitative estimate of drug-likeness (QED) is 0.430. The molecule has 144 valence electrons. The molecule has 2 aromatic carbocycles. The number of hydrogen-bond donors (Lipinski definition) is 0. The van der Waals surface area contributed by atoms with Crippen LogP contribution in [0.1, 0.15) is 22.5 Å². The zero-order valence-electron chi connectivity index (χ0n) is 15.8. The Balaban J connectivity index is 1.78. The van der Waals surface area contributed by atoms with Crippen molar-refractivity contribution in [1.82, 2.24) is 9.78 Å². The number of methoxy groups -OCH3 is 1. The Labute approximate surface area is 169 Å². The van der Waals surface area contributed by atoms with E-state index in [-0.39, 0.29) is 0 Å². The zero-order chi connectivity index (χ0) is 19.9. The van der Waals surface area contributed by atoms with Gasteiger partial charge in [-0.25, -0.2) is 4.79 Å². The van der Waals surface area contributed by atoms with Crippen molar-refractivity contribution in [3.05, 3.63) is 88.2 Å². The molecule has 1 aromatic heterocycles. The summed E-state index contributed by atoms with van der Waals surface area (Å²) in [5, 5.41) is 5.16. The first-order chi connectivity index (χ1) is 13.5. The molecule has 1 heterocycles. The Bertz CT molecular complexity index is 981. The summed E-state index contributed by atoms with van der Waals surface area (Å²) < 4.78 is 12.5. The Morgan fingerprint density at radius 1 is 1.18 bits per heavy atom. The van der Waals surface area contributed by atoms with E-state index in [4.69, 9.17) is 16.3 Å². The van der Waals surface area contributed by atoms with Crippen molar-refractivity contribution in [3.8, 4) is 5.75 Å². The molecule has 0 saturated heterocycles. The molecular weight excluding hydrogens is 376 g/mol. The monoisotopic (exact) mass is 396 g/mol. The van der Waals surface area contributed by atoms with E-state index in [1.54, 1.807) is 6.08 Å². The lowest BCUT2D eigenvalue weighted by atomic mass is 10.2. The number of carbonyl (C=O) groups is 1. The predicted molar refractivity (Wildman–Crippen MR) is 109 cm³/mol. The van der Waals surface area contributed by atoms with Crippen LogP contribution >= 0.6 is 11.6 Å². The van der Waals surface area contributed by atoms with Gasteiger partial charge in [0.2, 0.25) is 0 Å². The molecule has 0 bridgehead atoms. The van der Waals surface area contributed by atoms with Crippen LogP contribution < -0.4 is 4.74 Å². The van der Waals surface area contributed by atoms with Crippen LogP contribution in [0.5, 0.6) is 5.75 Å². The van der Waals surface area contributed by atoms with Gasteiger partial charge in [0, 0.05) is 22.4 Å². The topological polar surface area (TPSA) is 53.4 Å². The minimum atomic E-state index is -0.418. The molecule has 0 saturated carbocycles. The van der Waals surface area contributed by atoms with Crippen LogP contribution in [0.3, 0.4) is 0 Å². The number of esters is 1. The number of aromatic nitrogens is 2. The minimum Gasteiger partial charge on any atom is -0.489 e. The fourth-order valence-corrected chi connectivity index (χ4v) is 2.90. The van der Waals surface area contributed by atoms with Gasteiger partial charge in [-0.1, -0.05) is 41.9 Å². The van der Waals surface area contributed by atoms with Crippen LogP contribution in [-0.4, -0.2) is 22.9 Å². The lowest BCUT2D eigenvalue weighted by Crippen LogP contribution is -2.06. The van der Waals surface area contributed by atoms with E-state index in [0.717, 1.165) is 22.6 Å². The third kappa shape index (κ3) is 5.24. The fourth-order valence-electron chi connectivity index (χ4n) is 2.71. The first-order valence-corrected chi connectivity index (χ1v) is 9.18. The van der Waals surface area contributed by atoms with Gasteiger partial charge in [-0.2, -0.15) is 5.10 Å². The van der Waals surface area contributed by atoms with Crippen LogP contribution in [0.4, 0.5) is 0 Å². The van der Waals surface area contributed by atoms with Crippen molar-refractivity contribution in [2.45, 2.75) is 20.1 Å². The van der Waals surface area contributed by atoms with Gasteiger partial charge in [0.1, 0.15) is 12.4 Å². The molecule has 0 atom stereocenters. The van der Waals surface area contributed by atoms with Crippen molar-refractivity contribution < 1.29 is 14.3 Å². The van der Waals surface area contributed by atoms with Crippen molar-refractivity contribution in [2.75, 3.05) is 7.11 Å². The number of benzene rings is 2. The van der Waals surface area contributed by atoms with Gasteiger partial charge in [0.15, 0.2) is 0 Å². The minimum absolute atomic E-state index is 0.418. The van der Waals surface area contributed by atoms with Crippen LogP contribution in [-0.2, 0) is 22.7 Å². The molecule has 0 aliphatic heterocycles. The van der Waals surface area contributed by atoms with E-state index < -0.39 is 5.97 Å². The number of hydrogen-bond acceptors (Lipinski definition) is 4. The van der Waals surface area contributed by atoms with E-state index in [2.05, 4.69) is 9.84 Å². The highest BCUT2D eigenvalue weighted by atomic mass is 35.5. The number of halogens is 1. The maximum Gasteiger partial charge on any atom is 0.330 e. The number of ether oxygens (including phenoxy) is 2. The highest BCUT2D eigenvalue weighted by Gasteiger charge is 2.10. The molecule has 0 N–H and O–H groups in total. The summed E-state index contributed by atoms with van der Waals surface area (Å²) in [5.74, 6) is 0.341.